The highest BCUT2D eigenvalue weighted by Gasteiger charge is 2.45. The number of amides is 1. The molecule has 0 radical (unpaired) electrons. The zero-order valence-electron chi connectivity index (χ0n) is 23.2. The van der Waals surface area contributed by atoms with E-state index in [2.05, 4.69) is 21.6 Å². The van der Waals surface area contributed by atoms with Gasteiger partial charge in [0.1, 0.15) is 5.82 Å². The zero-order chi connectivity index (χ0) is 30.2. The van der Waals surface area contributed by atoms with Gasteiger partial charge in [-0.05, 0) is 36.5 Å². The molecule has 2 aromatic carbocycles. The summed E-state index contributed by atoms with van der Waals surface area (Å²) in [6.07, 6.45) is 0.890. The van der Waals surface area contributed by atoms with Crippen LogP contribution in [0.3, 0.4) is 0 Å². The Hall–Kier alpha value is -4.47. The minimum atomic E-state index is -1.14. The van der Waals surface area contributed by atoms with Gasteiger partial charge in [-0.25, -0.2) is 4.79 Å². The molecule has 0 saturated heterocycles. The number of thioether (sulfide) groups is 1. The zero-order valence-corrected chi connectivity index (χ0v) is 24.8. The maximum absolute atomic E-state index is 13.7. The molecule has 1 amide bonds. The van der Waals surface area contributed by atoms with Crippen LogP contribution in [0, 0.1) is 23.7 Å². The van der Waals surface area contributed by atoms with E-state index in [1.54, 1.807) is 17.0 Å². The van der Waals surface area contributed by atoms with Gasteiger partial charge in [0.05, 0.1) is 34.6 Å². The Balaban J connectivity index is 1.45. The molecule has 5 rings (SSSR count). The molecule has 4 N–H and O–H groups in total. The maximum Gasteiger partial charge on any atom is 0.337 e. The topological polar surface area (TPSA) is 162 Å². The highest BCUT2D eigenvalue weighted by Crippen LogP contribution is 2.50. The number of carboxylic acid groups (broad SMARTS) is 1. The molecule has 0 bridgehead atoms. The first-order valence-corrected chi connectivity index (χ1v) is 14.9. The fourth-order valence-electron chi connectivity index (χ4n) is 5.26. The number of anilines is 2. The molecule has 0 fully saturated rings. The predicted octanol–water partition coefficient (Wildman–Crippen LogP) is 5.22. The third-order valence-corrected chi connectivity index (χ3v) is 9.18. The van der Waals surface area contributed by atoms with Crippen molar-refractivity contribution in [2.45, 2.75) is 43.9 Å². The molecular weight excluding hydrogens is 573 g/mol. The average molecular weight is 601 g/mol. The van der Waals surface area contributed by atoms with Crippen molar-refractivity contribution in [1.82, 2.24) is 10.2 Å². The number of allylic oxidation sites excluding steroid dienone is 3. The largest absolute Gasteiger partial charge is 0.478 e. The number of para-hydroxylation sites is 1. The molecule has 1 atom stereocenters. The average Bonchev–Trinajstić information content (AvgIpc) is 3.40. The Morgan fingerprint density at radius 2 is 1.90 bits per heavy atom. The van der Waals surface area contributed by atoms with E-state index >= 15 is 0 Å². The Bertz CT molecular complexity index is 1700. The Morgan fingerprint density at radius 3 is 2.60 bits per heavy atom. The second-order valence-electron chi connectivity index (χ2n) is 10.9. The highest BCUT2D eigenvalue weighted by atomic mass is 32.2. The van der Waals surface area contributed by atoms with Crippen LogP contribution in [0.25, 0.3) is 0 Å². The number of hydrogen-bond acceptors (Lipinski definition) is 10. The van der Waals surface area contributed by atoms with Crippen LogP contribution >= 0.6 is 23.1 Å². The van der Waals surface area contributed by atoms with Crippen molar-refractivity contribution in [3.8, 4) is 6.07 Å². The molecule has 0 saturated carbocycles. The van der Waals surface area contributed by atoms with Crippen molar-refractivity contribution >= 4 is 51.6 Å². The monoisotopic (exact) mass is 600 g/mol. The van der Waals surface area contributed by atoms with E-state index in [-0.39, 0.29) is 39.6 Å². The molecule has 10 nitrogen and oxygen atoms in total. The first kappa shape index (κ1) is 29.0. The molecule has 2 aliphatic rings. The van der Waals surface area contributed by atoms with Crippen molar-refractivity contribution in [3.05, 3.63) is 87.9 Å². The molecule has 42 heavy (non-hydrogen) atoms. The lowest BCUT2D eigenvalue weighted by Gasteiger charge is -2.42. The smallest absolute Gasteiger partial charge is 0.337 e. The SMILES string of the molecule is Cc1ccc(C2C(C#N)=C(N)N(c3nnc(SCC(=O)Nc4ccccc4C(=O)O)s3)C3=C2C(=O)CC(C)(C)C3)cc1. The van der Waals surface area contributed by atoms with Crippen LogP contribution in [0.5, 0.6) is 0 Å². The van der Waals surface area contributed by atoms with Gasteiger partial charge in [0.25, 0.3) is 0 Å². The number of aromatic nitrogens is 2. The molecular formula is C30H28N6O4S2. The lowest BCUT2D eigenvalue weighted by atomic mass is 9.68. The van der Waals surface area contributed by atoms with Gasteiger partial charge in [0.2, 0.25) is 11.0 Å². The standard InChI is InChI=1S/C30H28N6O4S2/c1-16-8-10-17(11-9-16)24-19(14-31)26(32)36(21-12-30(2,3)13-22(37)25(21)24)28-34-35-29(42-28)41-15-23(38)33-20-7-5-4-6-18(20)27(39)40/h4-11,24H,12-13,15,32H2,1-3H3,(H,33,38)(H,39,40). The number of ketones is 1. The number of carbonyl (C=O) groups excluding carboxylic acids is 2. The van der Waals surface area contributed by atoms with Crippen molar-refractivity contribution in [2.75, 3.05) is 16.0 Å². The molecule has 1 unspecified atom stereocenters. The molecule has 12 heteroatoms. The number of carboxylic acids is 1. The van der Waals surface area contributed by atoms with Crippen LogP contribution in [0.4, 0.5) is 10.8 Å². The van der Waals surface area contributed by atoms with E-state index < -0.39 is 17.8 Å². The molecule has 0 spiro atoms. The lowest BCUT2D eigenvalue weighted by molar-refractivity contribution is -0.118. The second-order valence-corrected chi connectivity index (χ2v) is 13.1. The van der Waals surface area contributed by atoms with Gasteiger partial charge in [-0.15, -0.1) is 10.2 Å². The molecule has 2 heterocycles. The number of nitriles is 1. The van der Waals surface area contributed by atoms with Gasteiger partial charge in [-0.2, -0.15) is 5.26 Å². The molecule has 214 valence electrons. The van der Waals surface area contributed by atoms with Crippen LogP contribution in [0.2, 0.25) is 0 Å². The minimum Gasteiger partial charge on any atom is -0.478 e. The summed E-state index contributed by atoms with van der Waals surface area (Å²) >= 11 is 2.33. The summed E-state index contributed by atoms with van der Waals surface area (Å²) < 4.78 is 0.474. The van der Waals surface area contributed by atoms with Crippen molar-refractivity contribution < 1.29 is 19.5 Å². The Kier molecular flexibility index (Phi) is 7.90. The van der Waals surface area contributed by atoms with Crippen molar-refractivity contribution in [3.63, 3.8) is 0 Å². The minimum absolute atomic E-state index is 0.00677. The van der Waals surface area contributed by atoms with Crippen molar-refractivity contribution in [2.24, 2.45) is 11.1 Å². The number of hydrogen-bond donors (Lipinski definition) is 3. The van der Waals surface area contributed by atoms with Crippen LogP contribution < -0.4 is 16.0 Å². The van der Waals surface area contributed by atoms with E-state index in [1.807, 2.05) is 45.0 Å². The van der Waals surface area contributed by atoms with E-state index in [0.717, 1.165) is 22.9 Å². The third kappa shape index (κ3) is 5.66. The summed E-state index contributed by atoms with van der Waals surface area (Å²) in [6, 6.07) is 16.2. The van der Waals surface area contributed by atoms with E-state index in [0.29, 0.717) is 33.6 Å². The molecule has 3 aromatic rings. The summed E-state index contributed by atoms with van der Waals surface area (Å²) in [6.45, 7) is 6.02. The Morgan fingerprint density at radius 1 is 1.19 bits per heavy atom. The van der Waals surface area contributed by atoms with Crippen LogP contribution in [-0.4, -0.2) is 38.7 Å². The summed E-state index contributed by atoms with van der Waals surface area (Å²) in [7, 11) is 0. The fourth-order valence-corrected chi connectivity index (χ4v) is 6.94. The number of aromatic carboxylic acids is 1. The molecule has 1 aromatic heterocycles. The van der Waals surface area contributed by atoms with Gasteiger partial charge in [-0.1, -0.05) is 78.9 Å². The number of nitrogens with one attached hydrogen (secondary N) is 1. The second kappa shape index (κ2) is 11.4. The first-order chi connectivity index (χ1) is 20.0. The van der Waals surface area contributed by atoms with E-state index in [1.165, 1.54) is 23.5 Å². The lowest BCUT2D eigenvalue weighted by Crippen LogP contribution is -2.42. The molecule has 1 aliphatic heterocycles. The van der Waals surface area contributed by atoms with E-state index in [4.69, 9.17) is 5.73 Å². The number of aryl methyl sites for hydroxylation is 1. The summed E-state index contributed by atoms with van der Waals surface area (Å²) in [4.78, 5) is 39.4. The van der Waals surface area contributed by atoms with Crippen molar-refractivity contribution in [1.29, 1.82) is 5.26 Å². The van der Waals surface area contributed by atoms with E-state index in [9.17, 15) is 24.8 Å². The third-order valence-electron chi connectivity index (χ3n) is 7.14. The van der Waals surface area contributed by atoms with Gasteiger partial charge in [0.15, 0.2) is 10.1 Å². The van der Waals surface area contributed by atoms with Crippen LogP contribution in [0.1, 0.15) is 54.1 Å². The number of Topliss-reactive ketones (excluding diaryl/α,β-unsaturated/α-hetero) is 1. The van der Waals surface area contributed by atoms with Crippen LogP contribution in [-0.2, 0) is 9.59 Å². The number of carbonyl (C=O) groups is 3. The van der Waals surface area contributed by atoms with Gasteiger partial charge in [-0.3, -0.25) is 14.5 Å². The summed E-state index contributed by atoms with van der Waals surface area (Å²) in [5.41, 5.74) is 9.95. The molecule has 1 aliphatic carbocycles. The first-order valence-electron chi connectivity index (χ1n) is 13.1. The van der Waals surface area contributed by atoms with Crippen LogP contribution in [0.15, 0.2) is 75.5 Å². The maximum atomic E-state index is 13.7. The fraction of sp³-hybridized carbons (Fsp3) is 0.267. The Labute approximate surface area is 250 Å². The predicted molar refractivity (Wildman–Crippen MR) is 161 cm³/mol. The number of nitrogens with zero attached hydrogens (tertiary/aromatic N) is 4. The number of rotatable bonds is 7. The highest BCUT2D eigenvalue weighted by molar-refractivity contribution is 8.01. The summed E-state index contributed by atoms with van der Waals surface area (Å²) in [5, 5.41) is 31.2. The number of nitrogens with two attached hydrogens (primary N) is 1. The summed E-state index contributed by atoms with van der Waals surface area (Å²) in [5.74, 6) is -1.99. The van der Waals surface area contributed by atoms with Gasteiger partial charge < -0.3 is 16.2 Å². The quantitative estimate of drug-likeness (QED) is 0.307. The van der Waals surface area contributed by atoms with Gasteiger partial charge in [0, 0.05) is 17.7 Å². The normalized spacial score (nSPS) is 18.0. The number of benzene rings is 2. The van der Waals surface area contributed by atoms with Gasteiger partial charge >= 0.3 is 5.97 Å².